The van der Waals surface area contributed by atoms with Crippen molar-refractivity contribution in [2.45, 2.75) is 6.04 Å². The van der Waals surface area contributed by atoms with E-state index < -0.39 is 0 Å². The van der Waals surface area contributed by atoms with Crippen LogP contribution in [0.1, 0.15) is 0 Å². The number of hydrogen-bond acceptors (Lipinski definition) is 3. The molecule has 3 nitrogen and oxygen atoms in total. The lowest BCUT2D eigenvalue weighted by Gasteiger charge is -2.33. The predicted molar refractivity (Wildman–Crippen MR) is 53.1 cm³/mol. The molecule has 13 heavy (non-hydrogen) atoms. The number of hydrogen-bond donors (Lipinski definition) is 1. The summed E-state index contributed by atoms with van der Waals surface area (Å²) < 4.78 is 5.26. The van der Waals surface area contributed by atoms with Crippen molar-refractivity contribution in [3.05, 3.63) is 12.2 Å². The fourth-order valence-electron chi connectivity index (χ4n) is 1.37. The second kappa shape index (κ2) is 6.38. The summed E-state index contributed by atoms with van der Waals surface area (Å²) in [6.45, 7) is 3.28. The summed E-state index contributed by atoms with van der Waals surface area (Å²) in [6.07, 6.45) is 3.95. The van der Waals surface area contributed by atoms with Crippen LogP contribution in [0.4, 0.5) is 0 Å². The third kappa shape index (κ3) is 3.65. The maximum absolute atomic E-state index is 9.05. The molecule has 1 N–H and O–H groups in total. The monoisotopic (exact) mass is 205 g/mol. The Labute approximate surface area is 83.9 Å². The highest BCUT2D eigenvalue weighted by Gasteiger charge is 2.20. The molecule has 4 heteroatoms. The van der Waals surface area contributed by atoms with E-state index in [9.17, 15) is 0 Å². The van der Waals surface area contributed by atoms with Crippen molar-refractivity contribution in [1.29, 1.82) is 0 Å². The van der Waals surface area contributed by atoms with Crippen LogP contribution in [0, 0.1) is 0 Å². The Hall–Kier alpha value is -0.0900. The second-order valence-corrected chi connectivity index (χ2v) is 3.34. The molecule has 1 atom stereocenters. The summed E-state index contributed by atoms with van der Waals surface area (Å²) in [4.78, 5) is 2.20. The van der Waals surface area contributed by atoms with E-state index >= 15 is 0 Å². The molecule has 1 heterocycles. The lowest BCUT2D eigenvalue weighted by Crippen LogP contribution is -2.47. The second-order valence-electron chi connectivity index (χ2n) is 3.03. The van der Waals surface area contributed by atoms with Gasteiger partial charge in [0.2, 0.25) is 0 Å². The minimum atomic E-state index is 0.147. The third-order valence-corrected chi connectivity index (χ3v) is 2.33. The van der Waals surface area contributed by atoms with Crippen LogP contribution in [0.5, 0.6) is 0 Å². The normalized spacial score (nSPS) is 25.5. The highest BCUT2D eigenvalue weighted by atomic mass is 35.5. The van der Waals surface area contributed by atoms with Gasteiger partial charge in [-0.15, -0.1) is 11.6 Å². The van der Waals surface area contributed by atoms with Gasteiger partial charge in [-0.05, 0) is 0 Å². The van der Waals surface area contributed by atoms with Gasteiger partial charge in [-0.25, -0.2) is 0 Å². The Morgan fingerprint density at radius 1 is 1.54 bits per heavy atom. The standard InChI is InChI=1S/C9H16ClNO2/c10-3-1-2-4-11-5-6-13-8-9(11)7-12/h1-2,9,12H,3-8H2/b2-1+. The first-order valence-corrected chi connectivity index (χ1v) is 5.05. The van der Waals surface area contributed by atoms with Crippen LogP contribution < -0.4 is 0 Å². The molecular formula is C9H16ClNO2. The summed E-state index contributed by atoms with van der Waals surface area (Å²) >= 11 is 5.51. The molecular weight excluding hydrogens is 190 g/mol. The topological polar surface area (TPSA) is 32.7 Å². The molecule has 1 saturated heterocycles. The number of rotatable bonds is 4. The number of allylic oxidation sites excluding steroid dienone is 1. The third-order valence-electron chi connectivity index (χ3n) is 2.16. The van der Waals surface area contributed by atoms with E-state index in [1.54, 1.807) is 0 Å². The quantitative estimate of drug-likeness (QED) is 0.535. The van der Waals surface area contributed by atoms with Gasteiger partial charge in [0.1, 0.15) is 0 Å². The van der Waals surface area contributed by atoms with Crippen LogP contribution >= 0.6 is 11.6 Å². The van der Waals surface area contributed by atoms with Gasteiger partial charge in [-0.3, -0.25) is 4.90 Å². The Kier molecular flexibility index (Phi) is 5.39. The van der Waals surface area contributed by atoms with Crippen LogP contribution in [-0.2, 0) is 4.74 Å². The van der Waals surface area contributed by atoms with Crippen LogP contribution in [-0.4, -0.2) is 54.8 Å². The zero-order valence-electron chi connectivity index (χ0n) is 7.66. The van der Waals surface area contributed by atoms with E-state index in [1.165, 1.54) is 0 Å². The Balaban J connectivity index is 2.31. The lowest BCUT2D eigenvalue weighted by atomic mass is 10.2. The first kappa shape index (κ1) is 11.0. The van der Waals surface area contributed by atoms with Crippen LogP contribution in [0.2, 0.25) is 0 Å². The Morgan fingerprint density at radius 2 is 2.38 bits per heavy atom. The molecule has 1 fully saturated rings. The number of alkyl halides is 1. The highest BCUT2D eigenvalue weighted by Crippen LogP contribution is 2.05. The molecule has 1 unspecified atom stereocenters. The van der Waals surface area contributed by atoms with Gasteiger partial charge in [-0.2, -0.15) is 0 Å². The summed E-state index contributed by atoms with van der Waals surface area (Å²) in [5.41, 5.74) is 0. The first-order valence-electron chi connectivity index (χ1n) is 4.52. The van der Waals surface area contributed by atoms with Crippen molar-refractivity contribution < 1.29 is 9.84 Å². The van der Waals surface area contributed by atoms with Gasteiger partial charge in [-0.1, -0.05) is 12.2 Å². The summed E-state index contributed by atoms with van der Waals surface area (Å²) in [5, 5.41) is 9.05. The van der Waals surface area contributed by atoms with E-state index in [2.05, 4.69) is 4.90 Å². The molecule has 0 spiro atoms. The van der Waals surface area contributed by atoms with Crippen molar-refractivity contribution in [3.63, 3.8) is 0 Å². The Morgan fingerprint density at radius 3 is 3.08 bits per heavy atom. The van der Waals surface area contributed by atoms with E-state index in [-0.39, 0.29) is 12.6 Å². The van der Waals surface area contributed by atoms with E-state index in [4.69, 9.17) is 21.4 Å². The Bertz CT molecular complexity index is 164. The molecule has 1 aliphatic heterocycles. The predicted octanol–water partition coefficient (Wildman–Crippen LogP) is 0.474. The fraction of sp³-hybridized carbons (Fsp3) is 0.778. The number of aliphatic hydroxyl groups is 1. The molecule has 76 valence electrons. The number of nitrogens with zero attached hydrogens (tertiary/aromatic N) is 1. The van der Waals surface area contributed by atoms with Gasteiger partial charge in [0, 0.05) is 19.0 Å². The summed E-state index contributed by atoms with van der Waals surface area (Å²) in [6, 6.07) is 0.147. The number of morpholine rings is 1. The van der Waals surface area contributed by atoms with Gasteiger partial charge in [0.25, 0.3) is 0 Å². The molecule has 0 aromatic rings. The van der Waals surface area contributed by atoms with Gasteiger partial charge >= 0.3 is 0 Å². The zero-order valence-corrected chi connectivity index (χ0v) is 8.41. The maximum atomic E-state index is 9.05. The van der Waals surface area contributed by atoms with Crippen molar-refractivity contribution in [3.8, 4) is 0 Å². The van der Waals surface area contributed by atoms with E-state index in [0.717, 1.165) is 19.7 Å². The molecule has 0 saturated carbocycles. The van der Waals surface area contributed by atoms with Crippen molar-refractivity contribution in [2.75, 3.05) is 38.8 Å². The molecule has 0 aliphatic carbocycles. The molecule has 1 rings (SSSR count). The van der Waals surface area contributed by atoms with Gasteiger partial charge in [0.15, 0.2) is 0 Å². The van der Waals surface area contributed by atoms with Crippen molar-refractivity contribution in [2.24, 2.45) is 0 Å². The van der Waals surface area contributed by atoms with Crippen molar-refractivity contribution >= 4 is 11.6 Å². The lowest BCUT2D eigenvalue weighted by molar-refractivity contribution is -0.0219. The summed E-state index contributed by atoms with van der Waals surface area (Å²) in [5.74, 6) is 0.550. The first-order chi connectivity index (χ1) is 6.38. The molecule has 1 aliphatic rings. The molecule has 0 aromatic carbocycles. The zero-order chi connectivity index (χ0) is 9.52. The molecule has 0 aromatic heterocycles. The average Bonchev–Trinajstić information content (AvgIpc) is 2.19. The fourth-order valence-corrected chi connectivity index (χ4v) is 1.50. The number of aliphatic hydroxyl groups excluding tert-OH is 1. The number of ether oxygens (including phenoxy) is 1. The minimum Gasteiger partial charge on any atom is -0.395 e. The smallest absolute Gasteiger partial charge is 0.0644 e. The minimum absolute atomic E-state index is 0.147. The molecule has 0 bridgehead atoms. The van der Waals surface area contributed by atoms with Crippen molar-refractivity contribution in [1.82, 2.24) is 4.90 Å². The van der Waals surface area contributed by atoms with Gasteiger partial charge in [0.05, 0.1) is 25.9 Å². The molecule has 0 amide bonds. The largest absolute Gasteiger partial charge is 0.395 e. The van der Waals surface area contributed by atoms with E-state index in [0.29, 0.717) is 12.5 Å². The number of halogens is 1. The van der Waals surface area contributed by atoms with Gasteiger partial charge < -0.3 is 9.84 Å². The summed E-state index contributed by atoms with van der Waals surface area (Å²) in [7, 11) is 0. The SMILES string of the molecule is OCC1COCCN1C/C=C/CCl. The maximum Gasteiger partial charge on any atom is 0.0644 e. The van der Waals surface area contributed by atoms with Crippen LogP contribution in [0.3, 0.4) is 0 Å². The highest BCUT2D eigenvalue weighted by molar-refractivity contribution is 6.18. The average molecular weight is 206 g/mol. The molecule has 0 radical (unpaired) electrons. The van der Waals surface area contributed by atoms with E-state index in [1.807, 2.05) is 12.2 Å². The van der Waals surface area contributed by atoms with Crippen LogP contribution in [0.25, 0.3) is 0 Å². The van der Waals surface area contributed by atoms with Crippen LogP contribution in [0.15, 0.2) is 12.2 Å².